The number of rotatable bonds is 6. The summed E-state index contributed by atoms with van der Waals surface area (Å²) in [5, 5.41) is 14.3. The van der Waals surface area contributed by atoms with E-state index in [1.807, 2.05) is 31.2 Å². The Morgan fingerprint density at radius 2 is 1.71 bits per heavy atom. The molecule has 0 amide bonds. The molecule has 0 heterocycles. The molecule has 0 bridgehead atoms. The molecule has 4 heteroatoms. The van der Waals surface area contributed by atoms with Crippen molar-refractivity contribution in [1.82, 2.24) is 5.32 Å². The molecule has 0 aliphatic rings. The van der Waals surface area contributed by atoms with E-state index in [1.165, 1.54) is 11.6 Å². The average molecular weight is 284 g/mol. The zero-order valence-corrected chi connectivity index (χ0v) is 12.3. The fourth-order valence-electron chi connectivity index (χ4n) is 2.28. The molecule has 4 nitrogen and oxygen atoms in total. The van der Waals surface area contributed by atoms with Crippen LogP contribution in [0.1, 0.15) is 36.9 Å². The van der Waals surface area contributed by atoms with Gasteiger partial charge in [0, 0.05) is 24.7 Å². The van der Waals surface area contributed by atoms with Crippen LogP contribution in [0.15, 0.2) is 54.6 Å². The van der Waals surface area contributed by atoms with Gasteiger partial charge >= 0.3 is 0 Å². The van der Waals surface area contributed by atoms with E-state index < -0.39 is 0 Å². The summed E-state index contributed by atoms with van der Waals surface area (Å²) >= 11 is 0. The highest BCUT2D eigenvalue weighted by Gasteiger charge is 2.12. The largest absolute Gasteiger partial charge is 0.310 e. The van der Waals surface area contributed by atoms with Crippen LogP contribution < -0.4 is 5.32 Å². The molecule has 0 saturated carbocycles. The molecule has 0 aliphatic heterocycles. The van der Waals surface area contributed by atoms with Crippen LogP contribution in [-0.4, -0.2) is 11.5 Å². The van der Waals surface area contributed by atoms with E-state index in [0.29, 0.717) is 5.92 Å². The lowest BCUT2D eigenvalue weighted by atomic mass is 10.0. The van der Waals surface area contributed by atoms with Gasteiger partial charge in [-0.05, 0) is 24.0 Å². The summed E-state index contributed by atoms with van der Waals surface area (Å²) in [6.07, 6.45) is 0. The number of hydrogen-bond donors (Lipinski definition) is 1. The molecule has 0 spiro atoms. The Bertz CT molecular complexity index is 599. The minimum absolute atomic E-state index is 0.0797. The van der Waals surface area contributed by atoms with Gasteiger partial charge in [-0.2, -0.15) is 0 Å². The van der Waals surface area contributed by atoms with E-state index in [4.69, 9.17) is 0 Å². The van der Waals surface area contributed by atoms with Gasteiger partial charge < -0.3 is 5.32 Å². The van der Waals surface area contributed by atoms with Gasteiger partial charge in [0.25, 0.3) is 5.69 Å². The maximum atomic E-state index is 10.8. The Kier molecular flexibility index (Phi) is 5.06. The van der Waals surface area contributed by atoms with Crippen LogP contribution in [0.3, 0.4) is 0 Å². The van der Waals surface area contributed by atoms with E-state index >= 15 is 0 Å². The van der Waals surface area contributed by atoms with Gasteiger partial charge in [0.1, 0.15) is 0 Å². The van der Waals surface area contributed by atoms with Crippen molar-refractivity contribution in [3.8, 4) is 0 Å². The summed E-state index contributed by atoms with van der Waals surface area (Å²) in [5.74, 6) is 0.396. The van der Waals surface area contributed by atoms with Crippen LogP contribution in [-0.2, 0) is 0 Å². The SMILES string of the molecule is CC(CNC(C)c1cccc([N+](=O)[O-])c1)c1ccccc1. The number of benzene rings is 2. The second-order valence-electron chi connectivity index (χ2n) is 5.29. The molecule has 0 saturated heterocycles. The van der Waals surface area contributed by atoms with Gasteiger partial charge in [-0.15, -0.1) is 0 Å². The van der Waals surface area contributed by atoms with Crippen LogP contribution in [0.5, 0.6) is 0 Å². The first-order chi connectivity index (χ1) is 10.1. The number of nitro groups is 1. The molecule has 0 aliphatic carbocycles. The average Bonchev–Trinajstić information content (AvgIpc) is 2.53. The summed E-state index contributed by atoms with van der Waals surface area (Å²) in [6.45, 7) is 5.02. The molecular formula is C17H20N2O2. The zero-order valence-electron chi connectivity index (χ0n) is 12.3. The van der Waals surface area contributed by atoms with Gasteiger partial charge in [0.05, 0.1) is 4.92 Å². The lowest BCUT2D eigenvalue weighted by Gasteiger charge is -2.18. The van der Waals surface area contributed by atoms with Crippen LogP contribution in [0, 0.1) is 10.1 Å². The van der Waals surface area contributed by atoms with Crippen molar-refractivity contribution in [3.05, 3.63) is 75.8 Å². The van der Waals surface area contributed by atoms with E-state index in [1.54, 1.807) is 12.1 Å². The summed E-state index contributed by atoms with van der Waals surface area (Å²) in [5.41, 5.74) is 2.36. The molecule has 2 unspecified atom stereocenters. The van der Waals surface area contributed by atoms with E-state index in [9.17, 15) is 10.1 Å². The van der Waals surface area contributed by atoms with Crippen molar-refractivity contribution in [1.29, 1.82) is 0 Å². The first-order valence-electron chi connectivity index (χ1n) is 7.10. The van der Waals surface area contributed by atoms with Gasteiger partial charge in [0.15, 0.2) is 0 Å². The number of non-ortho nitro benzene ring substituents is 1. The maximum Gasteiger partial charge on any atom is 0.269 e. The molecule has 2 atom stereocenters. The Labute approximate surface area is 125 Å². The summed E-state index contributed by atoms with van der Waals surface area (Å²) < 4.78 is 0. The lowest BCUT2D eigenvalue weighted by Crippen LogP contribution is -2.23. The van der Waals surface area contributed by atoms with Crippen molar-refractivity contribution >= 4 is 5.69 Å². The number of nitro benzene ring substituents is 1. The molecule has 2 aromatic rings. The minimum Gasteiger partial charge on any atom is -0.310 e. The molecule has 110 valence electrons. The molecule has 0 fully saturated rings. The highest BCUT2D eigenvalue weighted by atomic mass is 16.6. The Morgan fingerprint density at radius 1 is 1.05 bits per heavy atom. The van der Waals surface area contributed by atoms with Crippen molar-refractivity contribution in [2.24, 2.45) is 0 Å². The molecule has 1 N–H and O–H groups in total. The number of hydrogen-bond acceptors (Lipinski definition) is 3. The molecule has 21 heavy (non-hydrogen) atoms. The van der Waals surface area contributed by atoms with E-state index in [-0.39, 0.29) is 16.7 Å². The third-order valence-electron chi connectivity index (χ3n) is 3.68. The fraction of sp³-hybridized carbons (Fsp3) is 0.294. The van der Waals surface area contributed by atoms with Gasteiger partial charge in [-0.1, -0.05) is 49.4 Å². The highest BCUT2D eigenvalue weighted by molar-refractivity contribution is 5.35. The fourth-order valence-corrected chi connectivity index (χ4v) is 2.28. The number of nitrogens with zero attached hydrogens (tertiary/aromatic N) is 1. The zero-order chi connectivity index (χ0) is 15.2. The quantitative estimate of drug-likeness (QED) is 0.643. The smallest absolute Gasteiger partial charge is 0.269 e. The Hall–Kier alpha value is -2.20. The third-order valence-corrected chi connectivity index (χ3v) is 3.68. The summed E-state index contributed by atoms with van der Waals surface area (Å²) in [7, 11) is 0. The van der Waals surface area contributed by atoms with E-state index in [2.05, 4.69) is 24.4 Å². The predicted octanol–water partition coefficient (Wildman–Crippen LogP) is 4.05. The molecular weight excluding hydrogens is 264 g/mol. The molecule has 2 rings (SSSR count). The van der Waals surface area contributed by atoms with Crippen LogP contribution in [0.4, 0.5) is 5.69 Å². The van der Waals surface area contributed by atoms with Gasteiger partial charge in [-0.3, -0.25) is 10.1 Å². The molecule has 0 aromatic heterocycles. The third kappa shape index (κ3) is 4.13. The summed E-state index contributed by atoms with van der Waals surface area (Å²) in [4.78, 5) is 10.5. The van der Waals surface area contributed by atoms with Crippen molar-refractivity contribution in [3.63, 3.8) is 0 Å². The maximum absolute atomic E-state index is 10.8. The van der Waals surface area contributed by atoms with Crippen LogP contribution in [0.2, 0.25) is 0 Å². The molecule has 0 radical (unpaired) electrons. The standard InChI is InChI=1S/C17H20N2O2/c1-13(15-7-4-3-5-8-15)12-18-14(2)16-9-6-10-17(11-16)19(20)21/h3-11,13-14,18H,12H2,1-2H3. The first kappa shape index (κ1) is 15.2. The lowest BCUT2D eigenvalue weighted by molar-refractivity contribution is -0.384. The summed E-state index contributed by atoms with van der Waals surface area (Å²) in [6, 6.07) is 17.2. The monoisotopic (exact) mass is 284 g/mol. The first-order valence-corrected chi connectivity index (χ1v) is 7.10. The predicted molar refractivity (Wildman–Crippen MR) is 84.4 cm³/mol. The molecule has 2 aromatic carbocycles. The van der Waals surface area contributed by atoms with E-state index in [0.717, 1.165) is 12.1 Å². The van der Waals surface area contributed by atoms with Gasteiger partial charge in [0.2, 0.25) is 0 Å². The van der Waals surface area contributed by atoms with Crippen molar-refractivity contribution in [2.45, 2.75) is 25.8 Å². The topological polar surface area (TPSA) is 55.2 Å². The van der Waals surface area contributed by atoms with Crippen LogP contribution >= 0.6 is 0 Å². The highest BCUT2D eigenvalue weighted by Crippen LogP contribution is 2.20. The van der Waals surface area contributed by atoms with Crippen LogP contribution in [0.25, 0.3) is 0 Å². The second-order valence-corrected chi connectivity index (χ2v) is 5.29. The normalized spacial score (nSPS) is 13.6. The van der Waals surface area contributed by atoms with Crippen molar-refractivity contribution in [2.75, 3.05) is 6.54 Å². The Balaban J connectivity index is 1.97. The number of nitrogens with one attached hydrogen (secondary N) is 1. The second kappa shape index (κ2) is 6.99. The Morgan fingerprint density at radius 3 is 2.38 bits per heavy atom. The van der Waals surface area contributed by atoms with Gasteiger partial charge in [-0.25, -0.2) is 0 Å². The van der Waals surface area contributed by atoms with Crippen molar-refractivity contribution < 1.29 is 4.92 Å². The minimum atomic E-state index is -0.358.